The Hall–Kier alpha value is -1.93. The summed E-state index contributed by atoms with van der Waals surface area (Å²) in [6.45, 7) is 5.73. The molecule has 2 aromatic rings. The molecule has 2 amide bonds. The van der Waals surface area contributed by atoms with Gasteiger partial charge in [-0.1, -0.05) is 0 Å². The molecule has 1 saturated heterocycles. The van der Waals surface area contributed by atoms with E-state index in [9.17, 15) is 9.59 Å². The number of aryl methyl sites for hydroxylation is 2. The Kier molecular flexibility index (Phi) is 5.39. The monoisotopic (exact) mass is 364 g/mol. The second kappa shape index (κ2) is 7.53. The Morgan fingerprint density at radius 3 is 3.00 bits per heavy atom. The van der Waals surface area contributed by atoms with Crippen LogP contribution in [0.2, 0.25) is 0 Å². The predicted octanol–water partition coefficient (Wildman–Crippen LogP) is 1.96. The summed E-state index contributed by atoms with van der Waals surface area (Å²) in [6.07, 6.45) is 2.69. The molecule has 0 aromatic carbocycles. The van der Waals surface area contributed by atoms with Gasteiger partial charge in [-0.05, 0) is 32.3 Å². The number of rotatable bonds is 5. The van der Waals surface area contributed by atoms with Crippen LogP contribution in [0.1, 0.15) is 29.1 Å². The standard InChI is InChI=1S/C17H24N4O3S/c1-10-11(2)25-16-14(10)15(22)19-13(20-16)6-7-18-17(23)21(3)9-12-5-4-8-24-12/h12H,4-9H2,1-3H3,(H,18,23)(H,19,20,22)/t12-/m0/s1. The zero-order valence-electron chi connectivity index (χ0n) is 14.8. The van der Waals surface area contributed by atoms with Gasteiger partial charge in [-0.3, -0.25) is 4.79 Å². The SMILES string of the molecule is Cc1sc2nc(CCNC(=O)N(C)C[C@@H]3CCCO3)[nH]c(=O)c2c1C. The lowest BCUT2D eigenvalue weighted by Crippen LogP contribution is -2.42. The Balaban J connectivity index is 1.55. The number of hydrogen-bond donors (Lipinski definition) is 2. The molecule has 0 radical (unpaired) electrons. The molecule has 1 aliphatic rings. The summed E-state index contributed by atoms with van der Waals surface area (Å²) >= 11 is 1.53. The van der Waals surface area contributed by atoms with Gasteiger partial charge in [-0.15, -0.1) is 11.3 Å². The van der Waals surface area contributed by atoms with E-state index in [2.05, 4.69) is 15.3 Å². The number of ether oxygens (including phenoxy) is 1. The molecule has 7 nitrogen and oxygen atoms in total. The van der Waals surface area contributed by atoms with Gasteiger partial charge >= 0.3 is 6.03 Å². The van der Waals surface area contributed by atoms with Crippen LogP contribution in [0.3, 0.4) is 0 Å². The van der Waals surface area contributed by atoms with E-state index in [0.29, 0.717) is 30.7 Å². The van der Waals surface area contributed by atoms with Crippen molar-refractivity contribution in [2.24, 2.45) is 0 Å². The highest BCUT2D eigenvalue weighted by Crippen LogP contribution is 2.25. The lowest BCUT2D eigenvalue weighted by molar-refractivity contribution is 0.0875. The minimum atomic E-state index is -0.137. The van der Waals surface area contributed by atoms with Gasteiger partial charge < -0.3 is 19.9 Å². The summed E-state index contributed by atoms with van der Waals surface area (Å²) in [6, 6.07) is -0.137. The summed E-state index contributed by atoms with van der Waals surface area (Å²) < 4.78 is 5.54. The van der Waals surface area contributed by atoms with Crippen molar-refractivity contribution in [2.75, 3.05) is 26.7 Å². The van der Waals surface area contributed by atoms with Crippen LogP contribution in [-0.4, -0.2) is 53.7 Å². The normalized spacial score (nSPS) is 17.2. The fraction of sp³-hybridized carbons (Fsp3) is 0.588. The van der Waals surface area contributed by atoms with Crippen LogP contribution in [0.25, 0.3) is 10.2 Å². The summed E-state index contributed by atoms with van der Waals surface area (Å²) in [5.41, 5.74) is 0.882. The molecule has 3 heterocycles. The van der Waals surface area contributed by atoms with E-state index in [0.717, 1.165) is 34.7 Å². The average Bonchev–Trinajstić information content (AvgIpc) is 3.16. The van der Waals surface area contributed by atoms with Gasteiger partial charge in [0.2, 0.25) is 0 Å². The van der Waals surface area contributed by atoms with Crippen LogP contribution in [-0.2, 0) is 11.2 Å². The minimum Gasteiger partial charge on any atom is -0.376 e. The van der Waals surface area contributed by atoms with Crippen molar-refractivity contribution in [1.82, 2.24) is 20.2 Å². The third kappa shape index (κ3) is 4.01. The van der Waals surface area contributed by atoms with Crippen molar-refractivity contribution in [2.45, 2.75) is 39.2 Å². The predicted molar refractivity (Wildman–Crippen MR) is 98.4 cm³/mol. The van der Waals surface area contributed by atoms with E-state index in [4.69, 9.17) is 4.74 Å². The van der Waals surface area contributed by atoms with E-state index in [1.807, 2.05) is 13.8 Å². The number of carbonyl (C=O) groups excluding carboxylic acids is 1. The number of thiophene rings is 1. The van der Waals surface area contributed by atoms with Gasteiger partial charge in [-0.2, -0.15) is 0 Å². The molecular formula is C17H24N4O3S. The van der Waals surface area contributed by atoms with Crippen molar-refractivity contribution >= 4 is 27.6 Å². The van der Waals surface area contributed by atoms with Gasteiger partial charge in [0.05, 0.1) is 11.5 Å². The zero-order valence-corrected chi connectivity index (χ0v) is 15.7. The molecule has 8 heteroatoms. The Labute approximate surface area is 150 Å². The third-order valence-corrected chi connectivity index (χ3v) is 5.68. The summed E-state index contributed by atoms with van der Waals surface area (Å²) in [7, 11) is 1.76. The molecule has 0 bridgehead atoms. The molecule has 0 unspecified atom stereocenters. The van der Waals surface area contributed by atoms with Gasteiger partial charge in [0.25, 0.3) is 5.56 Å². The maximum absolute atomic E-state index is 12.2. The lowest BCUT2D eigenvalue weighted by Gasteiger charge is -2.21. The smallest absolute Gasteiger partial charge is 0.317 e. The molecule has 1 atom stereocenters. The molecule has 25 heavy (non-hydrogen) atoms. The maximum atomic E-state index is 12.2. The summed E-state index contributed by atoms with van der Waals surface area (Å²) in [5.74, 6) is 0.598. The van der Waals surface area contributed by atoms with Gasteiger partial charge in [0.15, 0.2) is 0 Å². The van der Waals surface area contributed by atoms with Crippen LogP contribution in [0.15, 0.2) is 4.79 Å². The van der Waals surface area contributed by atoms with Gasteiger partial charge in [0, 0.05) is 38.0 Å². The second-order valence-electron chi connectivity index (χ2n) is 6.47. The van der Waals surface area contributed by atoms with E-state index in [-0.39, 0.29) is 17.7 Å². The Bertz CT molecular complexity index is 823. The number of nitrogens with zero attached hydrogens (tertiary/aromatic N) is 2. The molecule has 2 aromatic heterocycles. The summed E-state index contributed by atoms with van der Waals surface area (Å²) in [4.78, 5) is 35.2. The van der Waals surface area contributed by atoms with E-state index >= 15 is 0 Å². The first-order valence-electron chi connectivity index (χ1n) is 8.55. The largest absolute Gasteiger partial charge is 0.376 e. The second-order valence-corrected chi connectivity index (χ2v) is 7.68. The van der Waals surface area contributed by atoms with E-state index < -0.39 is 0 Å². The van der Waals surface area contributed by atoms with Crippen molar-refractivity contribution in [1.29, 1.82) is 0 Å². The first-order valence-corrected chi connectivity index (χ1v) is 9.37. The highest BCUT2D eigenvalue weighted by molar-refractivity contribution is 7.18. The molecule has 0 aliphatic carbocycles. The molecule has 136 valence electrons. The number of hydrogen-bond acceptors (Lipinski definition) is 5. The maximum Gasteiger partial charge on any atom is 0.317 e. The fourth-order valence-electron chi connectivity index (χ4n) is 3.02. The van der Waals surface area contributed by atoms with Crippen LogP contribution in [0, 0.1) is 13.8 Å². The fourth-order valence-corrected chi connectivity index (χ4v) is 4.07. The van der Waals surface area contributed by atoms with E-state index in [1.165, 1.54) is 11.3 Å². The van der Waals surface area contributed by atoms with E-state index in [1.54, 1.807) is 11.9 Å². The number of amides is 2. The van der Waals surface area contributed by atoms with Crippen molar-refractivity contribution in [3.8, 4) is 0 Å². The average molecular weight is 364 g/mol. The number of H-pyrrole nitrogens is 1. The molecule has 1 fully saturated rings. The van der Waals surface area contributed by atoms with Crippen molar-refractivity contribution in [3.05, 3.63) is 26.6 Å². The number of nitrogens with one attached hydrogen (secondary N) is 2. The van der Waals surface area contributed by atoms with Crippen LogP contribution in [0.5, 0.6) is 0 Å². The highest BCUT2D eigenvalue weighted by Gasteiger charge is 2.20. The van der Waals surface area contributed by atoms with Crippen LogP contribution < -0.4 is 10.9 Å². The molecule has 3 rings (SSSR count). The third-order valence-electron chi connectivity index (χ3n) is 4.57. The quantitative estimate of drug-likeness (QED) is 0.849. The number of urea groups is 1. The molecule has 1 aliphatic heterocycles. The topological polar surface area (TPSA) is 87.3 Å². The number of aromatic nitrogens is 2. The Morgan fingerprint density at radius 2 is 2.28 bits per heavy atom. The molecule has 0 saturated carbocycles. The highest BCUT2D eigenvalue weighted by atomic mass is 32.1. The Morgan fingerprint density at radius 1 is 1.48 bits per heavy atom. The van der Waals surface area contributed by atoms with Gasteiger partial charge in [-0.25, -0.2) is 9.78 Å². The molecule has 2 N–H and O–H groups in total. The molecule has 0 spiro atoms. The first-order chi connectivity index (χ1) is 12.0. The molecular weight excluding hydrogens is 340 g/mol. The number of likely N-dealkylation sites (N-methyl/N-ethyl adjacent to an activating group) is 1. The lowest BCUT2D eigenvalue weighted by atomic mass is 10.2. The number of aromatic amines is 1. The zero-order chi connectivity index (χ0) is 18.0. The van der Waals surface area contributed by atoms with Crippen LogP contribution >= 0.6 is 11.3 Å². The van der Waals surface area contributed by atoms with Crippen LogP contribution in [0.4, 0.5) is 4.79 Å². The van der Waals surface area contributed by atoms with Gasteiger partial charge in [0.1, 0.15) is 10.7 Å². The summed E-state index contributed by atoms with van der Waals surface area (Å²) in [5, 5.41) is 3.53. The first kappa shape index (κ1) is 17.9. The number of carbonyl (C=O) groups is 1. The number of fused-ring (bicyclic) bond motifs is 1. The van der Waals surface area contributed by atoms with Crippen molar-refractivity contribution < 1.29 is 9.53 Å². The minimum absolute atomic E-state index is 0.108. The van der Waals surface area contributed by atoms with Crippen molar-refractivity contribution in [3.63, 3.8) is 0 Å².